The summed E-state index contributed by atoms with van der Waals surface area (Å²) in [7, 11) is 0. The lowest BCUT2D eigenvalue weighted by atomic mass is 10.2. The third-order valence-corrected chi connectivity index (χ3v) is 2.70. The summed E-state index contributed by atoms with van der Waals surface area (Å²) in [5.74, 6) is 0.831. The second-order valence-electron chi connectivity index (χ2n) is 4.45. The number of anilines is 1. The zero-order valence-electron chi connectivity index (χ0n) is 11.4. The predicted molar refractivity (Wildman–Crippen MR) is 75.9 cm³/mol. The Morgan fingerprint density at radius 1 is 1.00 bits per heavy atom. The number of hydrogen-bond donors (Lipinski definition) is 1. The molecule has 0 heterocycles. The number of hydrogen-bond acceptors (Lipinski definition) is 3. The molecule has 0 radical (unpaired) electrons. The highest BCUT2D eigenvalue weighted by atomic mass is 16.5. The average Bonchev–Trinajstić information content (AvgIpc) is 2.37. The van der Waals surface area contributed by atoms with Crippen LogP contribution in [-0.2, 0) is 4.74 Å². The molecule has 3 nitrogen and oxygen atoms in total. The molecule has 0 aliphatic heterocycles. The van der Waals surface area contributed by atoms with E-state index in [-0.39, 0.29) is 0 Å². The van der Waals surface area contributed by atoms with Crippen LogP contribution in [0.15, 0.2) is 24.3 Å². The first-order valence-corrected chi connectivity index (χ1v) is 6.89. The first-order valence-electron chi connectivity index (χ1n) is 6.89. The molecule has 2 N–H and O–H groups in total. The molecule has 0 aliphatic rings. The Balaban J connectivity index is 1.92. The molecule has 0 saturated carbocycles. The number of rotatable bonds is 10. The van der Waals surface area contributed by atoms with Crippen LogP contribution < -0.4 is 10.5 Å². The fourth-order valence-corrected chi connectivity index (χ4v) is 1.69. The van der Waals surface area contributed by atoms with E-state index in [1.165, 1.54) is 25.7 Å². The van der Waals surface area contributed by atoms with Crippen molar-refractivity contribution >= 4 is 5.69 Å². The minimum Gasteiger partial charge on any atom is -0.493 e. The van der Waals surface area contributed by atoms with Gasteiger partial charge in [0, 0.05) is 31.4 Å². The van der Waals surface area contributed by atoms with E-state index in [4.69, 9.17) is 15.2 Å². The minimum atomic E-state index is 0.679. The maximum Gasteiger partial charge on any atom is 0.121 e. The van der Waals surface area contributed by atoms with Crippen LogP contribution in [0.3, 0.4) is 0 Å². The largest absolute Gasteiger partial charge is 0.493 e. The number of nitrogens with two attached hydrogens (primary N) is 1. The zero-order valence-corrected chi connectivity index (χ0v) is 11.4. The quantitative estimate of drug-likeness (QED) is 0.510. The maximum atomic E-state index is 5.66. The van der Waals surface area contributed by atoms with E-state index in [1.807, 2.05) is 24.3 Å². The van der Waals surface area contributed by atoms with Gasteiger partial charge in [-0.25, -0.2) is 0 Å². The topological polar surface area (TPSA) is 44.5 Å². The standard InChI is InChI=1S/C15H25NO2/c1-2-3-4-5-10-17-11-7-12-18-15-9-6-8-14(16)13-15/h6,8-9,13H,2-5,7,10-12,16H2,1H3. The van der Waals surface area contributed by atoms with Crippen molar-refractivity contribution in [1.82, 2.24) is 0 Å². The Morgan fingerprint density at radius 2 is 1.83 bits per heavy atom. The third kappa shape index (κ3) is 7.17. The van der Waals surface area contributed by atoms with Crippen molar-refractivity contribution in [2.24, 2.45) is 0 Å². The Labute approximate surface area is 110 Å². The number of unbranched alkanes of at least 4 members (excludes halogenated alkanes) is 3. The SMILES string of the molecule is CCCCCCOCCCOc1cccc(N)c1. The zero-order chi connectivity index (χ0) is 13.1. The highest BCUT2D eigenvalue weighted by molar-refractivity contribution is 5.43. The molecular formula is C15H25NO2. The summed E-state index contributed by atoms with van der Waals surface area (Å²) >= 11 is 0. The van der Waals surface area contributed by atoms with Crippen LogP contribution in [0.2, 0.25) is 0 Å². The van der Waals surface area contributed by atoms with Crippen molar-refractivity contribution in [3.8, 4) is 5.75 Å². The van der Waals surface area contributed by atoms with E-state index in [0.29, 0.717) is 6.61 Å². The van der Waals surface area contributed by atoms with Crippen LogP contribution in [-0.4, -0.2) is 19.8 Å². The minimum absolute atomic E-state index is 0.679. The van der Waals surface area contributed by atoms with Gasteiger partial charge < -0.3 is 15.2 Å². The molecule has 1 aromatic rings. The van der Waals surface area contributed by atoms with E-state index >= 15 is 0 Å². The van der Waals surface area contributed by atoms with Gasteiger partial charge in [0.05, 0.1) is 6.61 Å². The molecule has 0 atom stereocenters. The van der Waals surface area contributed by atoms with Crippen LogP contribution in [0.4, 0.5) is 5.69 Å². The second-order valence-corrected chi connectivity index (χ2v) is 4.45. The lowest BCUT2D eigenvalue weighted by molar-refractivity contribution is 0.116. The molecule has 1 aromatic carbocycles. The van der Waals surface area contributed by atoms with E-state index in [2.05, 4.69) is 6.92 Å². The van der Waals surface area contributed by atoms with Crippen molar-refractivity contribution < 1.29 is 9.47 Å². The molecule has 1 rings (SSSR count). The molecule has 0 aliphatic carbocycles. The van der Waals surface area contributed by atoms with Gasteiger partial charge in [-0.3, -0.25) is 0 Å². The molecule has 3 heteroatoms. The normalized spacial score (nSPS) is 10.5. The number of nitrogen functional groups attached to an aromatic ring is 1. The maximum absolute atomic E-state index is 5.66. The van der Waals surface area contributed by atoms with Gasteiger partial charge in [0.1, 0.15) is 5.75 Å². The van der Waals surface area contributed by atoms with Crippen molar-refractivity contribution in [3.63, 3.8) is 0 Å². The second kappa shape index (κ2) is 9.77. The van der Waals surface area contributed by atoms with Crippen LogP contribution in [0.25, 0.3) is 0 Å². The van der Waals surface area contributed by atoms with Gasteiger partial charge in [-0.05, 0) is 18.6 Å². The van der Waals surface area contributed by atoms with E-state index in [0.717, 1.165) is 31.1 Å². The van der Waals surface area contributed by atoms with Crippen LogP contribution >= 0.6 is 0 Å². The van der Waals surface area contributed by atoms with Crippen LogP contribution in [0, 0.1) is 0 Å². The smallest absolute Gasteiger partial charge is 0.121 e. The Hall–Kier alpha value is -1.22. The first-order chi connectivity index (χ1) is 8.83. The van der Waals surface area contributed by atoms with Crippen LogP contribution in [0.1, 0.15) is 39.0 Å². The van der Waals surface area contributed by atoms with E-state index in [1.54, 1.807) is 0 Å². The fraction of sp³-hybridized carbons (Fsp3) is 0.600. The molecule has 18 heavy (non-hydrogen) atoms. The summed E-state index contributed by atoms with van der Waals surface area (Å²) in [5.41, 5.74) is 6.40. The van der Waals surface area contributed by atoms with E-state index < -0.39 is 0 Å². The summed E-state index contributed by atoms with van der Waals surface area (Å²) in [6, 6.07) is 7.51. The number of benzene rings is 1. The monoisotopic (exact) mass is 251 g/mol. The number of ether oxygens (including phenoxy) is 2. The van der Waals surface area contributed by atoms with Gasteiger partial charge in [0.2, 0.25) is 0 Å². The molecule has 0 amide bonds. The molecule has 0 fully saturated rings. The lowest BCUT2D eigenvalue weighted by Gasteiger charge is -2.07. The highest BCUT2D eigenvalue weighted by Gasteiger charge is 1.95. The van der Waals surface area contributed by atoms with Crippen molar-refractivity contribution in [1.29, 1.82) is 0 Å². The van der Waals surface area contributed by atoms with Crippen molar-refractivity contribution in [2.45, 2.75) is 39.0 Å². The molecule has 0 unspecified atom stereocenters. The van der Waals surface area contributed by atoms with Crippen molar-refractivity contribution in [3.05, 3.63) is 24.3 Å². The van der Waals surface area contributed by atoms with Gasteiger partial charge in [0.15, 0.2) is 0 Å². The molecule has 0 spiro atoms. The molecule has 102 valence electrons. The fourth-order valence-electron chi connectivity index (χ4n) is 1.69. The Bertz CT molecular complexity index is 315. The van der Waals surface area contributed by atoms with Gasteiger partial charge in [-0.2, -0.15) is 0 Å². The molecule has 0 saturated heterocycles. The van der Waals surface area contributed by atoms with E-state index in [9.17, 15) is 0 Å². The summed E-state index contributed by atoms with van der Waals surface area (Å²) in [5, 5.41) is 0. The first kappa shape index (κ1) is 14.8. The third-order valence-electron chi connectivity index (χ3n) is 2.70. The average molecular weight is 251 g/mol. The molecule has 0 aromatic heterocycles. The summed E-state index contributed by atoms with van der Waals surface area (Å²) < 4.78 is 11.1. The summed E-state index contributed by atoms with van der Waals surface area (Å²) in [6.45, 7) is 4.54. The van der Waals surface area contributed by atoms with Gasteiger partial charge in [-0.15, -0.1) is 0 Å². The van der Waals surface area contributed by atoms with Crippen molar-refractivity contribution in [2.75, 3.05) is 25.6 Å². The molecule has 0 bridgehead atoms. The lowest BCUT2D eigenvalue weighted by Crippen LogP contribution is -2.04. The van der Waals surface area contributed by atoms with Gasteiger partial charge in [-0.1, -0.05) is 32.3 Å². The Kier molecular flexibility index (Phi) is 8.06. The van der Waals surface area contributed by atoms with Crippen LogP contribution in [0.5, 0.6) is 5.75 Å². The summed E-state index contributed by atoms with van der Waals surface area (Å²) in [6.07, 6.45) is 5.94. The Morgan fingerprint density at radius 3 is 2.61 bits per heavy atom. The molecular weight excluding hydrogens is 226 g/mol. The van der Waals surface area contributed by atoms with Gasteiger partial charge >= 0.3 is 0 Å². The van der Waals surface area contributed by atoms with Gasteiger partial charge in [0.25, 0.3) is 0 Å². The highest BCUT2D eigenvalue weighted by Crippen LogP contribution is 2.14. The predicted octanol–water partition coefficient (Wildman–Crippen LogP) is 3.63. The summed E-state index contributed by atoms with van der Waals surface area (Å²) in [4.78, 5) is 0.